The van der Waals surface area contributed by atoms with Gasteiger partial charge in [-0.1, -0.05) is 42.5 Å². The molecule has 3 aromatic rings. The average Bonchev–Trinajstić information content (AvgIpc) is 2.78. The fraction of sp³-hybridized carbons (Fsp3) is 0.292. The van der Waals surface area contributed by atoms with Crippen LogP contribution >= 0.6 is 0 Å². The van der Waals surface area contributed by atoms with Crippen LogP contribution < -0.4 is 15.1 Å². The summed E-state index contributed by atoms with van der Waals surface area (Å²) in [5.74, 6) is -0.620. The molecule has 4 rings (SSSR count). The summed E-state index contributed by atoms with van der Waals surface area (Å²) >= 11 is 0. The van der Waals surface area contributed by atoms with Crippen LogP contribution in [0.1, 0.15) is 18.4 Å². The van der Waals surface area contributed by atoms with E-state index in [-0.39, 0.29) is 23.6 Å². The SMILES string of the molecule is CNc1ccc(N2CCCCN2C(=O)Cc2ccccc2OC(F)(F)F)c2ccccc12. The van der Waals surface area contributed by atoms with Crippen molar-refractivity contribution in [3.05, 3.63) is 66.2 Å². The zero-order chi connectivity index (χ0) is 22.7. The highest BCUT2D eigenvalue weighted by molar-refractivity contribution is 6.02. The third-order valence-corrected chi connectivity index (χ3v) is 5.56. The molecule has 1 aliphatic heterocycles. The van der Waals surface area contributed by atoms with Crippen molar-refractivity contribution in [2.24, 2.45) is 0 Å². The van der Waals surface area contributed by atoms with Crippen LogP contribution in [0.4, 0.5) is 24.5 Å². The lowest BCUT2D eigenvalue weighted by molar-refractivity contribution is -0.274. The van der Waals surface area contributed by atoms with Crippen molar-refractivity contribution < 1.29 is 22.7 Å². The van der Waals surface area contributed by atoms with E-state index < -0.39 is 6.36 Å². The minimum absolute atomic E-state index is 0.185. The second-order valence-electron chi connectivity index (χ2n) is 7.61. The molecule has 0 unspecified atom stereocenters. The molecule has 1 saturated heterocycles. The number of benzene rings is 3. The van der Waals surface area contributed by atoms with Gasteiger partial charge in [-0.2, -0.15) is 0 Å². The molecule has 32 heavy (non-hydrogen) atoms. The number of hydrogen-bond acceptors (Lipinski definition) is 4. The Morgan fingerprint density at radius 3 is 2.41 bits per heavy atom. The number of amides is 1. The highest BCUT2D eigenvalue weighted by Gasteiger charge is 2.33. The Morgan fingerprint density at radius 1 is 0.969 bits per heavy atom. The van der Waals surface area contributed by atoms with E-state index in [1.165, 1.54) is 18.2 Å². The Hall–Kier alpha value is -3.42. The second kappa shape index (κ2) is 8.98. The van der Waals surface area contributed by atoms with Gasteiger partial charge in [0, 0.05) is 42.2 Å². The zero-order valence-electron chi connectivity index (χ0n) is 17.7. The number of alkyl halides is 3. The maximum absolute atomic E-state index is 13.3. The van der Waals surface area contributed by atoms with E-state index in [2.05, 4.69) is 10.1 Å². The first-order valence-corrected chi connectivity index (χ1v) is 10.5. The number of halogens is 3. The Morgan fingerprint density at radius 2 is 1.66 bits per heavy atom. The molecule has 3 aromatic carbocycles. The maximum Gasteiger partial charge on any atom is 0.573 e. The van der Waals surface area contributed by atoms with Crippen molar-refractivity contribution in [1.29, 1.82) is 0 Å². The van der Waals surface area contributed by atoms with Crippen molar-refractivity contribution in [3.63, 3.8) is 0 Å². The molecule has 1 N–H and O–H groups in total. The molecule has 0 atom stereocenters. The number of hydrazine groups is 1. The summed E-state index contributed by atoms with van der Waals surface area (Å²) in [6.07, 6.45) is -3.26. The van der Waals surface area contributed by atoms with E-state index in [0.717, 1.165) is 35.0 Å². The van der Waals surface area contributed by atoms with Crippen molar-refractivity contribution in [2.45, 2.75) is 25.6 Å². The van der Waals surface area contributed by atoms with Crippen molar-refractivity contribution >= 4 is 28.1 Å². The van der Waals surface area contributed by atoms with Gasteiger partial charge in [0.25, 0.3) is 0 Å². The molecule has 0 aliphatic carbocycles. The molecule has 0 aromatic heterocycles. The zero-order valence-corrected chi connectivity index (χ0v) is 17.7. The van der Waals surface area contributed by atoms with Crippen molar-refractivity contribution in [1.82, 2.24) is 5.01 Å². The van der Waals surface area contributed by atoms with E-state index >= 15 is 0 Å². The fourth-order valence-corrected chi connectivity index (χ4v) is 4.13. The summed E-state index contributed by atoms with van der Waals surface area (Å²) < 4.78 is 42.5. The number of carbonyl (C=O) groups excluding carboxylic acids is 1. The third-order valence-electron chi connectivity index (χ3n) is 5.56. The summed E-state index contributed by atoms with van der Waals surface area (Å²) in [4.78, 5) is 13.3. The second-order valence-corrected chi connectivity index (χ2v) is 7.61. The van der Waals surface area contributed by atoms with Crippen LogP contribution in [-0.4, -0.2) is 37.4 Å². The van der Waals surface area contributed by atoms with E-state index in [0.29, 0.717) is 13.1 Å². The summed E-state index contributed by atoms with van der Waals surface area (Å²) in [6, 6.07) is 17.7. The number of anilines is 2. The monoisotopic (exact) mass is 443 g/mol. The number of rotatable bonds is 5. The van der Waals surface area contributed by atoms with Gasteiger partial charge in [0.1, 0.15) is 5.75 Å². The van der Waals surface area contributed by atoms with Gasteiger partial charge in [-0.3, -0.25) is 14.8 Å². The summed E-state index contributed by atoms with van der Waals surface area (Å²) in [6.45, 7) is 1.15. The predicted octanol–water partition coefficient (Wildman–Crippen LogP) is 5.37. The van der Waals surface area contributed by atoms with Gasteiger partial charge in [0.15, 0.2) is 0 Å². The number of ether oxygens (including phenoxy) is 1. The molecule has 168 valence electrons. The fourth-order valence-electron chi connectivity index (χ4n) is 4.13. The van der Waals surface area contributed by atoms with Crippen molar-refractivity contribution in [2.75, 3.05) is 30.5 Å². The molecule has 0 spiro atoms. The lowest BCUT2D eigenvalue weighted by Crippen LogP contribution is -2.51. The van der Waals surface area contributed by atoms with Gasteiger partial charge in [-0.25, -0.2) is 0 Å². The summed E-state index contributed by atoms with van der Waals surface area (Å²) in [5, 5.41) is 8.82. The number of nitrogens with zero attached hydrogens (tertiary/aromatic N) is 2. The van der Waals surface area contributed by atoms with Crippen LogP contribution in [0, 0.1) is 0 Å². The Bertz CT molecular complexity index is 1120. The topological polar surface area (TPSA) is 44.8 Å². The Labute approximate surface area is 184 Å². The molecule has 1 fully saturated rings. The minimum atomic E-state index is -4.82. The quantitative estimate of drug-likeness (QED) is 0.576. The molecule has 0 bridgehead atoms. The molecule has 1 heterocycles. The number of fused-ring (bicyclic) bond motifs is 1. The van der Waals surface area contributed by atoms with Crippen molar-refractivity contribution in [3.8, 4) is 5.75 Å². The molecule has 0 radical (unpaired) electrons. The predicted molar refractivity (Wildman–Crippen MR) is 119 cm³/mol. The van der Waals surface area contributed by atoms with Crippen LogP contribution in [0.25, 0.3) is 10.8 Å². The molecule has 1 amide bonds. The first kappa shape index (κ1) is 21.8. The standard InChI is InChI=1S/C24H24F3N3O2/c1-28-20-12-13-21(19-10-4-3-9-18(19)20)29-14-6-7-15-30(29)23(31)16-17-8-2-5-11-22(17)32-24(25,26)27/h2-5,8-13,28H,6-7,14-16H2,1H3. The number of carbonyl (C=O) groups is 1. The van der Waals surface area contributed by atoms with Gasteiger partial charge < -0.3 is 10.1 Å². The molecular weight excluding hydrogens is 419 g/mol. The van der Waals surface area contributed by atoms with Gasteiger partial charge in [0.2, 0.25) is 5.91 Å². The summed E-state index contributed by atoms with van der Waals surface area (Å²) in [5.41, 5.74) is 2.08. The van der Waals surface area contributed by atoms with Crippen LogP contribution in [0.2, 0.25) is 0 Å². The Balaban J connectivity index is 1.65. The van der Waals surface area contributed by atoms with Crippen LogP contribution in [0.5, 0.6) is 5.75 Å². The molecule has 1 aliphatic rings. The number of hydrogen-bond donors (Lipinski definition) is 1. The lowest BCUT2D eigenvalue weighted by atomic mass is 10.1. The first-order chi connectivity index (χ1) is 15.4. The van der Waals surface area contributed by atoms with Gasteiger partial charge >= 0.3 is 6.36 Å². The highest BCUT2D eigenvalue weighted by Crippen LogP contribution is 2.35. The molecule has 5 nitrogen and oxygen atoms in total. The number of para-hydroxylation sites is 1. The van der Waals surface area contributed by atoms with Crippen LogP contribution in [0.3, 0.4) is 0 Å². The lowest BCUT2D eigenvalue weighted by Gasteiger charge is -2.41. The van der Waals surface area contributed by atoms with Gasteiger partial charge in [-0.15, -0.1) is 13.2 Å². The molecule has 0 saturated carbocycles. The van der Waals surface area contributed by atoms with Crippen LogP contribution in [0.15, 0.2) is 60.7 Å². The average molecular weight is 443 g/mol. The highest BCUT2D eigenvalue weighted by atomic mass is 19.4. The van der Waals surface area contributed by atoms with Crippen LogP contribution in [-0.2, 0) is 11.2 Å². The normalized spacial score (nSPS) is 14.5. The maximum atomic E-state index is 13.3. The Kier molecular flexibility index (Phi) is 6.12. The van der Waals surface area contributed by atoms with Gasteiger partial charge in [-0.05, 0) is 31.0 Å². The minimum Gasteiger partial charge on any atom is -0.405 e. The third kappa shape index (κ3) is 4.59. The largest absolute Gasteiger partial charge is 0.573 e. The molecular formula is C24H24F3N3O2. The van der Waals surface area contributed by atoms with Gasteiger partial charge in [0.05, 0.1) is 12.1 Å². The first-order valence-electron chi connectivity index (χ1n) is 10.5. The molecule has 8 heteroatoms. The smallest absolute Gasteiger partial charge is 0.405 e. The number of nitrogens with one attached hydrogen (secondary N) is 1. The van der Waals surface area contributed by atoms with E-state index in [1.54, 1.807) is 11.1 Å². The van der Waals surface area contributed by atoms with E-state index in [9.17, 15) is 18.0 Å². The summed E-state index contributed by atoms with van der Waals surface area (Å²) in [7, 11) is 1.86. The van der Waals surface area contributed by atoms with E-state index in [4.69, 9.17) is 0 Å². The van der Waals surface area contributed by atoms with E-state index in [1.807, 2.05) is 48.5 Å².